The van der Waals surface area contributed by atoms with E-state index in [0.717, 1.165) is 23.3 Å². The lowest BCUT2D eigenvalue weighted by Crippen LogP contribution is -2.54. The maximum Gasteiger partial charge on any atom is 0.317 e. The molecule has 9 nitrogen and oxygen atoms in total. The van der Waals surface area contributed by atoms with Gasteiger partial charge in [0.15, 0.2) is 0 Å². The Bertz CT molecular complexity index is 919. The third-order valence-corrected chi connectivity index (χ3v) is 5.88. The molecule has 0 radical (unpaired) electrons. The lowest BCUT2D eigenvalue weighted by Gasteiger charge is -2.31. The van der Waals surface area contributed by atoms with Crippen LogP contribution in [-0.2, 0) is 14.4 Å². The molecule has 3 aliphatic heterocycles. The van der Waals surface area contributed by atoms with Crippen LogP contribution in [0.25, 0.3) is 0 Å². The molecule has 0 aromatic heterocycles. The summed E-state index contributed by atoms with van der Waals surface area (Å²) in [5.74, 6) is -2.72. The minimum atomic E-state index is -0.970. The molecular weight excluding hydrogens is 378 g/mol. The van der Waals surface area contributed by atoms with Gasteiger partial charge in [-0.3, -0.25) is 39.1 Å². The van der Waals surface area contributed by atoms with Gasteiger partial charge in [0.25, 0.3) is 11.8 Å². The van der Waals surface area contributed by atoms with E-state index in [1.807, 2.05) is 11.0 Å². The van der Waals surface area contributed by atoms with Crippen LogP contribution in [0, 0.1) is 0 Å². The minimum Gasteiger partial charge on any atom is -0.480 e. The number of aliphatic carboxylic acids is 1. The average molecular weight is 399 g/mol. The Balaban J connectivity index is 1.51. The number of carboxylic acid groups (broad SMARTS) is 1. The number of carbonyl (C=O) groups is 5. The second-order valence-corrected chi connectivity index (χ2v) is 7.70. The van der Waals surface area contributed by atoms with Crippen molar-refractivity contribution in [2.24, 2.45) is 0 Å². The number of hydrogen-bond acceptors (Lipinski definition) is 6. The smallest absolute Gasteiger partial charge is 0.317 e. The predicted octanol–water partition coefficient (Wildman–Crippen LogP) is 0.352. The van der Waals surface area contributed by atoms with Crippen LogP contribution in [0.1, 0.15) is 57.9 Å². The van der Waals surface area contributed by atoms with Gasteiger partial charge in [-0.15, -0.1) is 0 Å². The normalized spacial score (nSPS) is 23.3. The number of imide groups is 2. The van der Waals surface area contributed by atoms with Crippen molar-refractivity contribution in [1.82, 2.24) is 15.1 Å². The Morgan fingerprint density at radius 3 is 2.38 bits per heavy atom. The highest BCUT2D eigenvalue weighted by atomic mass is 16.4. The standard InChI is InChI=1S/C20H21N3O6/c24-16-4-3-15(18(27)21-16)23-19(28)13-2-1-12(9-14(13)20(23)29)11-5-7-22(8-6-11)10-17(25)26/h1-2,9,11,15H,3-8,10H2,(H,25,26)(H,21,24,27). The van der Waals surface area contributed by atoms with Crippen LogP contribution in [0.15, 0.2) is 18.2 Å². The number of rotatable bonds is 4. The first-order valence-corrected chi connectivity index (χ1v) is 9.65. The molecule has 9 heteroatoms. The molecule has 1 atom stereocenters. The number of piperidine rings is 2. The summed E-state index contributed by atoms with van der Waals surface area (Å²) in [4.78, 5) is 62.8. The van der Waals surface area contributed by atoms with Crippen molar-refractivity contribution >= 4 is 29.6 Å². The molecule has 3 aliphatic rings. The van der Waals surface area contributed by atoms with E-state index in [-0.39, 0.29) is 36.4 Å². The molecule has 2 N–H and O–H groups in total. The van der Waals surface area contributed by atoms with Crippen LogP contribution in [-0.4, -0.2) is 70.2 Å². The van der Waals surface area contributed by atoms with Crippen molar-refractivity contribution in [3.05, 3.63) is 34.9 Å². The maximum absolute atomic E-state index is 12.9. The largest absolute Gasteiger partial charge is 0.480 e. The number of hydrogen-bond donors (Lipinski definition) is 2. The Hall–Kier alpha value is -3.07. The molecule has 0 spiro atoms. The molecule has 29 heavy (non-hydrogen) atoms. The number of fused-ring (bicyclic) bond motifs is 1. The topological polar surface area (TPSA) is 124 Å². The molecule has 0 saturated carbocycles. The van der Waals surface area contributed by atoms with Gasteiger partial charge in [-0.1, -0.05) is 6.07 Å². The van der Waals surface area contributed by atoms with Crippen LogP contribution in [0.4, 0.5) is 0 Å². The number of likely N-dealkylation sites (tertiary alicyclic amines) is 1. The number of amides is 4. The first kappa shape index (κ1) is 19.3. The highest BCUT2D eigenvalue weighted by Crippen LogP contribution is 2.33. The quantitative estimate of drug-likeness (QED) is 0.700. The predicted molar refractivity (Wildman–Crippen MR) is 99.2 cm³/mol. The molecule has 4 amide bonds. The summed E-state index contributed by atoms with van der Waals surface area (Å²) >= 11 is 0. The summed E-state index contributed by atoms with van der Waals surface area (Å²) in [6, 6.07) is 4.21. The van der Waals surface area contributed by atoms with E-state index in [2.05, 4.69) is 5.32 Å². The summed E-state index contributed by atoms with van der Waals surface area (Å²) in [6.45, 7) is 1.33. The average Bonchev–Trinajstić information content (AvgIpc) is 2.92. The van der Waals surface area contributed by atoms with Gasteiger partial charge >= 0.3 is 5.97 Å². The molecular formula is C20H21N3O6. The number of nitrogens with zero attached hydrogens (tertiary/aromatic N) is 2. The van der Waals surface area contributed by atoms with E-state index in [1.165, 1.54) is 0 Å². The summed E-state index contributed by atoms with van der Waals surface area (Å²) in [6.07, 6.45) is 1.76. The van der Waals surface area contributed by atoms with E-state index in [9.17, 15) is 24.0 Å². The van der Waals surface area contributed by atoms with Crippen LogP contribution in [0.3, 0.4) is 0 Å². The van der Waals surface area contributed by atoms with Gasteiger partial charge in [0.1, 0.15) is 6.04 Å². The van der Waals surface area contributed by atoms with E-state index >= 15 is 0 Å². The second-order valence-electron chi connectivity index (χ2n) is 7.70. The zero-order chi connectivity index (χ0) is 20.7. The monoisotopic (exact) mass is 399 g/mol. The van der Waals surface area contributed by atoms with Gasteiger partial charge in [0, 0.05) is 6.42 Å². The molecule has 1 aromatic rings. The van der Waals surface area contributed by atoms with Gasteiger partial charge in [-0.25, -0.2) is 0 Å². The summed E-state index contributed by atoms with van der Waals surface area (Å²) in [7, 11) is 0. The maximum atomic E-state index is 12.9. The third kappa shape index (κ3) is 3.53. The van der Waals surface area contributed by atoms with Gasteiger partial charge in [-0.05, 0) is 56.0 Å². The minimum absolute atomic E-state index is 0.0187. The van der Waals surface area contributed by atoms with E-state index in [4.69, 9.17) is 5.11 Å². The summed E-state index contributed by atoms with van der Waals surface area (Å²) in [5.41, 5.74) is 1.49. The van der Waals surface area contributed by atoms with E-state index < -0.39 is 35.6 Å². The molecule has 4 rings (SSSR count). The van der Waals surface area contributed by atoms with E-state index in [1.54, 1.807) is 12.1 Å². The first-order valence-electron chi connectivity index (χ1n) is 9.65. The van der Waals surface area contributed by atoms with E-state index in [0.29, 0.717) is 13.1 Å². The number of benzene rings is 1. The summed E-state index contributed by atoms with van der Waals surface area (Å²) in [5, 5.41) is 11.1. The first-order chi connectivity index (χ1) is 13.8. The molecule has 0 bridgehead atoms. The Morgan fingerprint density at radius 1 is 1.03 bits per heavy atom. The van der Waals surface area contributed by atoms with Crippen LogP contribution in [0.2, 0.25) is 0 Å². The Morgan fingerprint density at radius 2 is 1.72 bits per heavy atom. The highest BCUT2D eigenvalue weighted by Gasteiger charge is 2.44. The van der Waals surface area contributed by atoms with Crippen molar-refractivity contribution in [3.63, 3.8) is 0 Å². The summed E-state index contributed by atoms with van der Waals surface area (Å²) < 4.78 is 0. The molecule has 3 heterocycles. The molecule has 1 aromatic carbocycles. The second kappa shape index (κ2) is 7.40. The van der Waals surface area contributed by atoms with Crippen molar-refractivity contribution < 1.29 is 29.1 Å². The zero-order valence-corrected chi connectivity index (χ0v) is 15.7. The molecule has 2 fully saturated rings. The fourth-order valence-electron chi connectivity index (χ4n) is 4.36. The van der Waals surface area contributed by atoms with Gasteiger partial charge < -0.3 is 5.11 Å². The highest BCUT2D eigenvalue weighted by molar-refractivity contribution is 6.23. The molecule has 0 aliphatic carbocycles. The van der Waals surface area contributed by atoms with Crippen LogP contribution >= 0.6 is 0 Å². The van der Waals surface area contributed by atoms with Crippen LogP contribution < -0.4 is 5.32 Å². The molecule has 152 valence electrons. The third-order valence-electron chi connectivity index (χ3n) is 5.88. The number of carboxylic acids is 1. The van der Waals surface area contributed by atoms with Crippen LogP contribution in [0.5, 0.6) is 0 Å². The van der Waals surface area contributed by atoms with Crippen molar-refractivity contribution in [1.29, 1.82) is 0 Å². The lowest BCUT2D eigenvalue weighted by molar-refractivity contribution is -0.139. The van der Waals surface area contributed by atoms with Crippen molar-refractivity contribution in [3.8, 4) is 0 Å². The van der Waals surface area contributed by atoms with Gasteiger partial charge in [0.05, 0.1) is 17.7 Å². The SMILES string of the molecule is O=C(O)CN1CCC(c2ccc3c(c2)C(=O)N(C2CCC(=O)NC2=O)C3=O)CC1. The fraction of sp³-hybridized carbons (Fsp3) is 0.450. The van der Waals surface area contributed by atoms with Gasteiger partial charge in [0.2, 0.25) is 11.8 Å². The fourth-order valence-corrected chi connectivity index (χ4v) is 4.36. The Labute approximate surface area is 166 Å². The van der Waals surface area contributed by atoms with Gasteiger partial charge in [-0.2, -0.15) is 0 Å². The molecule has 1 unspecified atom stereocenters. The zero-order valence-electron chi connectivity index (χ0n) is 15.7. The Kier molecular flexibility index (Phi) is 4.91. The lowest BCUT2D eigenvalue weighted by atomic mass is 9.88. The number of carbonyl (C=O) groups excluding carboxylic acids is 4. The number of nitrogens with one attached hydrogen (secondary N) is 1. The van der Waals surface area contributed by atoms with Crippen molar-refractivity contribution in [2.45, 2.75) is 37.6 Å². The molecule has 2 saturated heterocycles. The van der Waals surface area contributed by atoms with Crippen molar-refractivity contribution in [2.75, 3.05) is 19.6 Å².